The van der Waals surface area contributed by atoms with Gasteiger partial charge in [0.25, 0.3) is 0 Å². The topological polar surface area (TPSA) is 65.0 Å². The summed E-state index contributed by atoms with van der Waals surface area (Å²) in [7, 11) is 4.47. The summed E-state index contributed by atoms with van der Waals surface area (Å²) in [5, 5.41) is 9.21. The highest BCUT2D eigenvalue weighted by molar-refractivity contribution is 6.19. The summed E-state index contributed by atoms with van der Waals surface area (Å²) in [6.45, 7) is 0. The second-order valence-corrected chi connectivity index (χ2v) is 4.34. The molecule has 1 rings (SSSR count). The number of ether oxygens (including phenoxy) is 3. The van der Waals surface area contributed by atoms with Gasteiger partial charge in [-0.25, -0.2) is 4.79 Å². The molecule has 19 heavy (non-hydrogen) atoms. The maximum Gasteiger partial charge on any atom is 0.336 e. The lowest BCUT2D eigenvalue weighted by Gasteiger charge is -2.13. The van der Waals surface area contributed by atoms with Crippen LogP contribution >= 0.6 is 11.6 Å². The van der Waals surface area contributed by atoms with Crippen LogP contribution in [0.4, 0.5) is 0 Å². The van der Waals surface area contributed by atoms with Gasteiger partial charge >= 0.3 is 5.97 Å². The van der Waals surface area contributed by atoms with E-state index in [2.05, 4.69) is 0 Å². The van der Waals surface area contributed by atoms with E-state index in [1.807, 2.05) is 0 Å². The van der Waals surface area contributed by atoms with E-state index in [4.69, 9.17) is 25.8 Å². The highest BCUT2D eigenvalue weighted by Crippen LogP contribution is 2.31. The zero-order valence-corrected chi connectivity index (χ0v) is 11.9. The summed E-state index contributed by atoms with van der Waals surface area (Å²) in [5.74, 6) is -0.136. The molecule has 0 heterocycles. The number of aromatic carboxylic acids is 1. The third-order valence-corrected chi connectivity index (χ3v) is 3.13. The molecule has 0 aliphatic carbocycles. The number of carboxylic acid groups (broad SMARTS) is 1. The zero-order valence-electron chi connectivity index (χ0n) is 11.1. The summed E-state index contributed by atoms with van der Waals surface area (Å²) in [4.78, 5) is 11.2. The van der Waals surface area contributed by atoms with Crippen LogP contribution < -0.4 is 9.47 Å². The Kier molecular flexibility index (Phi) is 5.92. The molecule has 0 radical (unpaired) electrons. The number of methoxy groups -OCH3 is 3. The van der Waals surface area contributed by atoms with E-state index in [0.29, 0.717) is 29.9 Å². The summed E-state index contributed by atoms with van der Waals surface area (Å²) >= 11 is 5.85. The Labute approximate surface area is 117 Å². The molecule has 0 saturated carbocycles. The maximum atomic E-state index is 11.2. The van der Waals surface area contributed by atoms with Crippen LogP contribution in [0, 0.1) is 0 Å². The lowest BCUT2D eigenvalue weighted by Crippen LogP contribution is -2.08. The van der Waals surface area contributed by atoms with Gasteiger partial charge in [-0.15, -0.1) is 0 Å². The number of carboxylic acids is 1. The summed E-state index contributed by atoms with van der Waals surface area (Å²) in [6, 6.07) is 3.11. The second kappa shape index (κ2) is 7.21. The number of hydrogen-bond acceptors (Lipinski definition) is 4. The predicted octanol–water partition coefficient (Wildman–Crippen LogP) is 2.55. The van der Waals surface area contributed by atoms with E-state index in [9.17, 15) is 9.90 Å². The molecule has 1 N–H and O–H groups in total. The van der Waals surface area contributed by atoms with Crippen LogP contribution in [-0.4, -0.2) is 38.0 Å². The highest BCUT2D eigenvalue weighted by atomic mass is 35.5. The molecule has 0 aliphatic rings. The van der Waals surface area contributed by atoms with Crippen molar-refractivity contribution in [1.29, 1.82) is 0 Å². The Hall–Kier alpha value is -1.46. The molecular weight excluding hydrogens is 272 g/mol. The van der Waals surface area contributed by atoms with Crippen molar-refractivity contribution in [1.82, 2.24) is 0 Å². The fourth-order valence-corrected chi connectivity index (χ4v) is 1.82. The highest BCUT2D eigenvalue weighted by Gasteiger charge is 2.16. The average molecular weight is 289 g/mol. The maximum absolute atomic E-state index is 11.2. The molecule has 5 nitrogen and oxygen atoms in total. The fraction of sp³-hybridized carbons (Fsp3) is 0.462. The Morgan fingerprint density at radius 1 is 1.26 bits per heavy atom. The first-order valence-corrected chi connectivity index (χ1v) is 6.12. The monoisotopic (exact) mass is 288 g/mol. The third kappa shape index (κ3) is 4.01. The summed E-state index contributed by atoms with van der Waals surface area (Å²) in [5.41, 5.74) is 0.361. The molecule has 0 bridgehead atoms. The van der Waals surface area contributed by atoms with Crippen molar-refractivity contribution in [3.8, 4) is 11.5 Å². The Balaban J connectivity index is 3.09. The molecular formula is C13H17ClO5. The molecule has 1 aromatic rings. The lowest BCUT2D eigenvalue weighted by atomic mass is 10.0. The van der Waals surface area contributed by atoms with Crippen LogP contribution in [0.25, 0.3) is 0 Å². The number of aryl methyl sites for hydroxylation is 1. The molecule has 1 unspecified atom stereocenters. The summed E-state index contributed by atoms with van der Waals surface area (Å²) < 4.78 is 15.2. The van der Waals surface area contributed by atoms with Gasteiger partial charge in [0.2, 0.25) is 0 Å². The minimum absolute atomic E-state index is 0.178. The van der Waals surface area contributed by atoms with Crippen molar-refractivity contribution in [3.63, 3.8) is 0 Å². The van der Waals surface area contributed by atoms with Crippen LogP contribution in [0.2, 0.25) is 0 Å². The van der Waals surface area contributed by atoms with Crippen molar-refractivity contribution >= 4 is 17.6 Å². The number of rotatable bonds is 7. The van der Waals surface area contributed by atoms with Gasteiger partial charge < -0.3 is 19.3 Å². The number of carbonyl (C=O) groups is 1. The van der Waals surface area contributed by atoms with Crippen molar-refractivity contribution in [2.24, 2.45) is 0 Å². The first kappa shape index (κ1) is 15.6. The van der Waals surface area contributed by atoms with Crippen molar-refractivity contribution in [2.45, 2.75) is 18.4 Å². The zero-order chi connectivity index (χ0) is 14.4. The number of halogens is 1. The summed E-state index contributed by atoms with van der Waals surface area (Å²) in [6.07, 6.45) is 0.984. The van der Waals surface area contributed by atoms with Gasteiger partial charge in [-0.05, 0) is 30.5 Å². The van der Waals surface area contributed by atoms with Crippen LogP contribution in [0.1, 0.15) is 22.3 Å². The number of benzene rings is 1. The minimum atomic E-state index is -1.01. The third-order valence-electron chi connectivity index (χ3n) is 2.74. The van der Waals surface area contributed by atoms with Crippen LogP contribution in [0.15, 0.2) is 12.1 Å². The lowest BCUT2D eigenvalue weighted by molar-refractivity contribution is 0.0694. The van der Waals surface area contributed by atoms with Crippen LogP contribution in [-0.2, 0) is 11.2 Å². The van der Waals surface area contributed by atoms with Crippen LogP contribution in [0.3, 0.4) is 0 Å². The molecule has 0 amide bonds. The predicted molar refractivity (Wildman–Crippen MR) is 71.5 cm³/mol. The molecule has 0 fully saturated rings. The SMILES string of the molecule is COc1cc(CCC(Cl)OC)c(C(=O)O)cc1OC. The van der Waals surface area contributed by atoms with Gasteiger partial charge in [0.05, 0.1) is 19.8 Å². The average Bonchev–Trinajstić information content (AvgIpc) is 2.43. The molecule has 1 atom stereocenters. The molecule has 0 saturated heterocycles. The largest absolute Gasteiger partial charge is 0.493 e. The standard InChI is InChI=1S/C13H17ClO5/c1-17-10-6-8(4-5-12(14)19-3)9(13(15)16)7-11(10)18-2/h6-7,12H,4-5H2,1-3H3,(H,15,16). The van der Waals surface area contributed by atoms with Crippen LogP contribution in [0.5, 0.6) is 11.5 Å². The molecule has 6 heteroatoms. The Morgan fingerprint density at radius 3 is 2.32 bits per heavy atom. The van der Waals surface area contributed by atoms with Gasteiger partial charge in [0.1, 0.15) is 5.56 Å². The number of hydrogen-bond donors (Lipinski definition) is 1. The first-order chi connectivity index (χ1) is 9.03. The molecule has 106 valence electrons. The second-order valence-electron chi connectivity index (χ2n) is 3.85. The quantitative estimate of drug-likeness (QED) is 0.781. The van der Waals surface area contributed by atoms with E-state index < -0.39 is 11.5 Å². The molecule has 1 aromatic carbocycles. The molecule has 0 aliphatic heterocycles. The van der Waals surface area contributed by atoms with E-state index in [0.717, 1.165) is 0 Å². The van der Waals surface area contributed by atoms with E-state index in [-0.39, 0.29) is 5.56 Å². The molecule has 0 aromatic heterocycles. The molecule has 0 spiro atoms. The van der Waals surface area contributed by atoms with Crippen molar-refractivity contribution in [3.05, 3.63) is 23.3 Å². The first-order valence-electron chi connectivity index (χ1n) is 5.68. The minimum Gasteiger partial charge on any atom is -0.493 e. The van der Waals surface area contributed by atoms with Gasteiger partial charge in [0.15, 0.2) is 11.5 Å². The van der Waals surface area contributed by atoms with Gasteiger partial charge in [-0.1, -0.05) is 11.6 Å². The Bertz CT molecular complexity index is 447. The number of alkyl halides is 1. The normalized spacial score (nSPS) is 12.0. The smallest absolute Gasteiger partial charge is 0.336 e. The fourth-order valence-electron chi connectivity index (χ4n) is 1.71. The van der Waals surface area contributed by atoms with E-state index in [1.54, 1.807) is 6.07 Å². The van der Waals surface area contributed by atoms with Crippen molar-refractivity contribution < 1.29 is 24.1 Å². The Morgan fingerprint density at radius 2 is 1.84 bits per heavy atom. The van der Waals surface area contributed by atoms with Gasteiger partial charge in [-0.3, -0.25) is 0 Å². The van der Waals surface area contributed by atoms with E-state index in [1.165, 1.54) is 27.4 Å². The van der Waals surface area contributed by atoms with E-state index >= 15 is 0 Å². The van der Waals surface area contributed by atoms with Gasteiger partial charge in [-0.2, -0.15) is 0 Å². The van der Waals surface area contributed by atoms with Gasteiger partial charge in [0, 0.05) is 7.11 Å². The van der Waals surface area contributed by atoms with Crippen molar-refractivity contribution in [2.75, 3.05) is 21.3 Å².